The Labute approximate surface area is 177 Å². The Hall–Kier alpha value is -0.130. The fourth-order valence-electron chi connectivity index (χ4n) is 8.44. The fraction of sp³-hybridized carbons (Fsp3) is 1.00. The van der Waals surface area contributed by atoms with E-state index in [-0.39, 0.29) is 5.25 Å². The zero-order valence-electron chi connectivity index (χ0n) is 18.4. The van der Waals surface area contributed by atoms with Crippen LogP contribution in [0.3, 0.4) is 0 Å². The van der Waals surface area contributed by atoms with Gasteiger partial charge in [-0.2, -0.15) is 0 Å². The second-order valence-corrected chi connectivity index (χ2v) is 14.0. The lowest BCUT2D eigenvalue weighted by Crippen LogP contribution is -2.55. The van der Waals surface area contributed by atoms with Crippen molar-refractivity contribution < 1.29 is 13.5 Å². The van der Waals surface area contributed by atoms with Crippen LogP contribution < -0.4 is 4.72 Å². The summed E-state index contributed by atoms with van der Waals surface area (Å²) >= 11 is 0. The molecule has 0 aliphatic heterocycles. The Morgan fingerprint density at radius 2 is 1.66 bits per heavy atom. The number of sulfonamides is 1. The van der Waals surface area contributed by atoms with Crippen LogP contribution in [0.4, 0.5) is 0 Å². The molecule has 2 N–H and O–H groups in total. The van der Waals surface area contributed by atoms with E-state index < -0.39 is 15.6 Å². The lowest BCUT2D eigenvalue weighted by molar-refractivity contribution is -0.125. The van der Waals surface area contributed by atoms with Crippen LogP contribution in [0.2, 0.25) is 0 Å². The van der Waals surface area contributed by atoms with Crippen LogP contribution in [0.5, 0.6) is 0 Å². The molecule has 5 rings (SSSR count). The SMILES string of the molecule is C[C@@]1(O)CC[C@H]2[C@H](CC[C@@H]3[C@@H]2CC[C@]2(C)[C@@H](CNS(=O)(=O)C4CC4)CCC[C@@H]32)C1. The number of rotatable bonds is 4. The van der Waals surface area contributed by atoms with Crippen molar-refractivity contribution in [2.75, 3.05) is 6.54 Å². The molecule has 29 heavy (non-hydrogen) atoms. The van der Waals surface area contributed by atoms with Gasteiger partial charge in [-0.25, -0.2) is 13.1 Å². The molecule has 4 nitrogen and oxygen atoms in total. The van der Waals surface area contributed by atoms with Crippen molar-refractivity contribution in [1.82, 2.24) is 4.72 Å². The van der Waals surface area contributed by atoms with Crippen LogP contribution >= 0.6 is 0 Å². The number of hydrogen-bond acceptors (Lipinski definition) is 3. The highest BCUT2D eigenvalue weighted by atomic mass is 32.2. The van der Waals surface area contributed by atoms with E-state index >= 15 is 0 Å². The Bertz CT molecular complexity index is 730. The number of aliphatic hydroxyl groups is 1. The normalized spacial score (nSPS) is 50.3. The van der Waals surface area contributed by atoms with Gasteiger partial charge in [0.1, 0.15) is 0 Å². The number of nitrogens with one attached hydrogen (secondary N) is 1. The van der Waals surface area contributed by atoms with E-state index in [1.165, 1.54) is 51.4 Å². The summed E-state index contributed by atoms with van der Waals surface area (Å²) in [5, 5.41) is 10.5. The minimum atomic E-state index is -3.07. The Balaban J connectivity index is 1.30. The first-order valence-electron chi connectivity index (χ1n) is 12.4. The second-order valence-electron chi connectivity index (χ2n) is 11.9. The maximum Gasteiger partial charge on any atom is 0.214 e. The molecule has 0 amide bonds. The van der Waals surface area contributed by atoms with Crippen molar-refractivity contribution in [3.8, 4) is 0 Å². The third-order valence-electron chi connectivity index (χ3n) is 10.2. The summed E-state index contributed by atoms with van der Waals surface area (Å²) < 4.78 is 27.8. The molecule has 5 saturated carbocycles. The molecule has 0 aromatic rings. The maximum absolute atomic E-state index is 12.4. The first kappa shape index (κ1) is 20.8. The van der Waals surface area contributed by atoms with Crippen LogP contribution in [-0.4, -0.2) is 30.9 Å². The van der Waals surface area contributed by atoms with Gasteiger partial charge in [-0.1, -0.05) is 13.3 Å². The van der Waals surface area contributed by atoms with Crippen LogP contribution in [-0.2, 0) is 10.0 Å². The highest BCUT2D eigenvalue weighted by Crippen LogP contribution is 2.63. The molecule has 0 spiro atoms. The van der Waals surface area contributed by atoms with Crippen molar-refractivity contribution in [2.45, 2.75) is 102 Å². The minimum Gasteiger partial charge on any atom is -0.390 e. The molecule has 5 fully saturated rings. The van der Waals surface area contributed by atoms with Crippen LogP contribution in [0.25, 0.3) is 0 Å². The lowest BCUT2D eigenvalue weighted by Gasteiger charge is -2.61. The number of hydrogen-bond donors (Lipinski definition) is 2. The van der Waals surface area contributed by atoms with E-state index in [9.17, 15) is 13.5 Å². The second kappa shape index (κ2) is 7.20. The average Bonchev–Trinajstić information content (AvgIpc) is 3.50. The van der Waals surface area contributed by atoms with E-state index in [4.69, 9.17) is 0 Å². The summed E-state index contributed by atoms with van der Waals surface area (Å²) in [6.07, 6.45) is 13.9. The minimum absolute atomic E-state index is 0.107. The molecule has 0 radical (unpaired) electrons. The molecular formula is C24H41NO3S. The first-order chi connectivity index (χ1) is 13.7. The molecule has 0 unspecified atom stereocenters. The topological polar surface area (TPSA) is 66.4 Å². The molecule has 0 heterocycles. The van der Waals surface area contributed by atoms with E-state index in [2.05, 4.69) is 11.6 Å². The third kappa shape index (κ3) is 3.71. The van der Waals surface area contributed by atoms with E-state index in [0.717, 1.165) is 55.3 Å². The highest BCUT2D eigenvalue weighted by Gasteiger charge is 2.56. The van der Waals surface area contributed by atoms with Crippen molar-refractivity contribution >= 4 is 10.0 Å². The number of fused-ring (bicyclic) bond motifs is 5. The summed E-state index contributed by atoms with van der Waals surface area (Å²) in [4.78, 5) is 0. The zero-order chi connectivity index (χ0) is 20.4. The van der Waals surface area contributed by atoms with Gasteiger partial charge >= 0.3 is 0 Å². The van der Waals surface area contributed by atoms with Gasteiger partial charge < -0.3 is 5.11 Å². The van der Waals surface area contributed by atoms with Gasteiger partial charge in [-0.3, -0.25) is 0 Å². The summed E-state index contributed by atoms with van der Waals surface area (Å²) in [5.74, 6) is 4.52. The Kier molecular flexibility index (Phi) is 5.15. The third-order valence-corrected chi connectivity index (χ3v) is 12.1. The van der Waals surface area contributed by atoms with Crippen molar-refractivity contribution in [3.63, 3.8) is 0 Å². The molecule has 5 heteroatoms. The predicted octanol–water partition coefficient (Wildman–Crippen LogP) is 4.48. The highest BCUT2D eigenvalue weighted by molar-refractivity contribution is 7.90. The maximum atomic E-state index is 12.4. The lowest BCUT2D eigenvalue weighted by atomic mass is 9.45. The van der Waals surface area contributed by atoms with Crippen molar-refractivity contribution in [1.29, 1.82) is 0 Å². The van der Waals surface area contributed by atoms with Gasteiger partial charge in [0.05, 0.1) is 10.9 Å². The van der Waals surface area contributed by atoms with Gasteiger partial charge in [0.15, 0.2) is 0 Å². The molecule has 0 saturated heterocycles. The molecular weight excluding hydrogens is 382 g/mol. The van der Waals surface area contributed by atoms with Gasteiger partial charge in [0, 0.05) is 6.54 Å². The van der Waals surface area contributed by atoms with Crippen molar-refractivity contribution in [2.24, 2.45) is 40.9 Å². The largest absolute Gasteiger partial charge is 0.390 e. The molecule has 0 aromatic carbocycles. The summed E-state index contributed by atoms with van der Waals surface area (Å²) in [6.45, 7) is 5.21. The quantitative estimate of drug-likeness (QED) is 0.701. The van der Waals surface area contributed by atoms with Gasteiger partial charge in [0.2, 0.25) is 10.0 Å². The van der Waals surface area contributed by atoms with Crippen LogP contribution in [0.1, 0.15) is 90.9 Å². The molecule has 5 aliphatic rings. The summed E-state index contributed by atoms with van der Waals surface area (Å²) in [6, 6.07) is 0. The van der Waals surface area contributed by atoms with Gasteiger partial charge in [-0.05, 0) is 118 Å². The van der Waals surface area contributed by atoms with Gasteiger partial charge in [-0.15, -0.1) is 0 Å². The van der Waals surface area contributed by atoms with Crippen molar-refractivity contribution in [3.05, 3.63) is 0 Å². The van der Waals surface area contributed by atoms with E-state index in [1.807, 2.05) is 6.92 Å². The van der Waals surface area contributed by atoms with Gasteiger partial charge in [0.25, 0.3) is 0 Å². The molecule has 0 aromatic heterocycles. The summed E-state index contributed by atoms with van der Waals surface area (Å²) in [5.41, 5.74) is -0.135. The van der Waals surface area contributed by atoms with E-state index in [1.54, 1.807) is 0 Å². The first-order valence-corrected chi connectivity index (χ1v) is 14.0. The van der Waals surface area contributed by atoms with Crippen LogP contribution in [0.15, 0.2) is 0 Å². The smallest absolute Gasteiger partial charge is 0.214 e. The Morgan fingerprint density at radius 1 is 0.897 bits per heavy atom. The molecule has 0 bridgehead atoms. The Morgan fingerprint density at radius 3 is 2.41 bits per heavy atom. The van der Waals surface area contributed by atoms with Crippen LogP contribution in [0, 0.1) is 40.9 Å². The zero-order valence-corrected chi connectivity index (χ0v) is 19.2. The average molecular weight is 424 g/mol. The predicted molar refractivity (Wildman–Crippen MR) is 116 cm³/mol. The molecule has 166 valence electrons. The molecule has 5 aliphatic carbocycles. The standard InChI is InChI=1S/C24H41NO3S/c1-23(26)12-10-19-16(14-23)6-9-21-20(19)11-13-24(2)17(4-3-5-22(21)24)15-25-29(27,28)18-7-8-18/h16-22,25-26H,3-15H2,1-2H3/t16-,17-,19+,20-,21-,22+,23-,24-/m1/s1. The van der Waals surface area contributed by atoms with E-state index in [0.29, 0.717) is 17.9 Å². The fourth-order valence-corrected chi connectivity index (χ4v) is 9.87. The molecule has 8 atom stereocenters. The summed E-state index contributed by atoms with van der Waals surface area (Å²) in [7, 11) is -3.07. The monoisotopic (exact) mass is 423 g/mol.